The normalized spacial score (nSPS) is 11.8. The fourth-order valence-corrected chi connectivity index (χ4v) is 1.07. The van der Waals surface area contributed by atoms with Gasteiger partial charge in [0.2, 0.25) is 0 Å². The van der Waals surface area contributed by atoms with Gasteiger partial charge in [0.05, 0.1) is 13.2 Å². The topological polar surface area (TPSA) is 35.2 Å². The van der Waals surface area contributed by atoms with Gasteiger partial charge < -0.3 is 10.5 Å². The molecule has 1 aromatic carbocycles. The third-order valence-corrected chi connectivity index (χ3v) is 1.83. The zero-order chi connectivity index (χ0) is 9.68. The molecule has 1 unspecified atom stereocenters. The maximum Gasteiger partial charge on any atom is 0.118 e. The van der Waals surface area contributed by atoms with Gasteiger partial charge in [-0.3, -0.25) is 0 Å². The van der Waals surface area contributed by atoms with Gasteiger partial charge in [0.1, 0.15) is 5.75 Å². The Morgan fingerprint density at radius 2 is 2.08 bits per heavy atom. The van der Waals surface area contributed by atoms with Gasteiger partial charge in [-0.1, -0.05) is 18.1 Å². The van der Waals surface area contributed by atoms with Crippen molar-refractivity contribution in [2.45, 2.75) is 12.5 Å². The minimum atomic E-state index is -0.201. The Hall–Kier alpha value is -1.46. The minimum Gasteiger partial charge on any atom is -0.497 e. The first-order chi connectivity index (χ1) is 6.26. The van der Waals surface area contributed by atoms with Crippen molar-refractivity contribution in [2.75, 3.05) is 7.11 Å². The standard InChI is InChI=1S/C11H13NO/c1-3-10(12)8-9-4-6-11(13-2)7-5-9/h1,4-7,10H,8,12H2,2H3. The van der Waals surface area contributed by atoms with Crippen LogP contribution in [-0.4, -0.2) is 13.2 Å². The number of hydrogen-bond acceptors (Lipinski definition) is 2. The van der Waals surface area contributed by atoms with Gasteiger partial charge in [-0.25, -0.2) is 0 Å². The Labute approximate surface area is 78.7 Å². The fraction of sp³-hybridized carbons (Fsp3) is 0.273. The van der Waals surface area contributed by atoms with Crippen LogP contribution in [-0.2, 0) is 6.42 Å². The van der Waals surface area contributed by atoms with E-state index in [1.54, 1.807) is 7.11 Å². The van der Waals surface area contributed by atoms with Crippen LogP contribution in [0.5, 0.6) is 5.75 Å². The molecule has 2 N–H and O–H groups in total. The van der Waals surface area contributed by atoms with Crippen LogP contribution >= 0.6 is 0 Å². The summed E-state index contributed by atoms with van der Waals surface area (Å²) in [6.45, 7) is 0. The van der Waals surface area contributed by atoms with Crippen molar-refractivity contribution in [1.82, 2.24) is 0 Å². The zero-order valence-electron chi connectivity index (χ0n) is 7.66. The summed E-state index contributed by atoms with van der Waals surface area (Å²) in [6, 6.07) is 7.54. The van der Waals surface area contributed by atoms with Crippen LogP contribution in [0, 0.1) is 12.3 Å². The third-order valence-electron chi connectivity index (χ3n) is 1.83. The molecule has 2 heteroatoms. The highest BCUT2D eigenvalue weighted by atomic mass is 16.5. The lowest BCUT2D eigenvalue weighted by Crippen LogP contribution is -2.19. The molecule has 13 heavy (non-hydrogen) atoms. The quantitative estimate of drug-likeness (QED) is 0.700. The molecule has 0 aliphatic carbocycles. The van der Waals surface area contributed by atoms with E-state index in [9.17, 15) is 0 Å². The molecule has 0 bridgehead atoms. The second kappa shape index (κ2) is 4.54. The van der Waals surface area contributed by atoms with E-state index in [0.717, 1.165) is 11.3 Å². The molecule has 0 aromatic heterocycles. The number of ether oxygens (including phenoxy) is 1. The highest BCUT2D eigenvalue weighted by Crippen LogP contribution is 2.11. The lowest BCUT2D eigenvalue weighted by atomic mass is 10.1. The van der Waals surface area contributed by atoms with Crippen molar-refractivity contribution in [3.05, 3.63) is 29.8 Å². The number of benzene rings is 1. The molecule has 0 aliphatic rings. The molecular formula is C11H13NO. The highest BCUT2D eigenvalue weighted by molar-refractivity contribution is 5.28. The lowest BCUT2D eigenvalue weighted by Gasteiger charge is -2.05. The molecule has 0 saturated heterocycles. The highest BCUT2D eigenvalue weighted by Gasteiger charge is 1.99. The summed E-state index contributed by atoms with van der Waals surface area (Å²) in [5.41, 5.74) is 6.74. The average molecular weight is 175 g/mol. The number of rotatable bonds is 3. The molecule has 1 rings (SSSR count). The summed E-state index contributed by atoms with van der Waals surface area (Å²) < 4.78 is 5.03. The second-order valence-electron chi connectivity index (χ2n) is 2.83. The van der Waals surface area contributed by atoms with Crippen LogP contribution in [0.25, 0.3) is 0 Å². The number of hydrogen-bond donors (Lipinski definition) is 1. The third kappa shape index (κ3) is 2.81. The molecule has 1 aromatic rings. The zero-order valence-corrected chi connectivity index (χ0v) is 7.66. The number of terminal acetylenes is 1. The van der Waals surface area contributed by atoms with E-state index in [-0.39, 0.29) is 6.04 Å². The van der Waals surface area contributed by atoms with Crippen LogP contribution in [0.4, 0.5) is 0 Å². The van der Waals surface area contributed by atoms with Crippen molar-refractivity contribution >= 4 is 0 Å². The van der Waals surface area contributed by atoms with Gasteiger partial charge >= 0.3 is 0 Å². The Morgan fingerprint density at radius 1 is 1.46 bits per heavy atom. The molecule has 2 nitrogen and oxygen atoms in total. The van der Waals surface area contributed by atoms with Gasteiger partial charge in [-0.2, -0.15) is 0 Å². The maximum atomic E-state index is 5.61. The molecule has 0 aliphatic heterocycles. The monoisotopic (exact) mass is 175 g/mol. The predicted octanol–water partition coefficient (Wildman–Crippen LogP) is 1.20. The molecule has 0 spiro atoms. The summed E-state index contributed by atoms with van der Waals surface area (Å²) in [5, 5.41) is 0. The van der Waals surface area contributed by atoms with Crippen LogP contribution in [0.1, 0.15) is 5.56 Å². The molecule has 0 fully saturated rings. The molecule has 0 amide bonds. The molecular weight excluding hydrogens is 162 g/mol. The van der Waals surface area contributed by atoms with E-state index in [0.29, 0.717) is 6.42 Å². The van der Waals surface area contributed by atoms with Crippen LogP contribution in [0.3, 0.4) is 0 Å². The van der Waals surface area contributed by atoms with Crippen LogP contribution in [0.15, 0.2) is 24.3 Å². The van der Waals surface area contributed by atoms with Crippen molar-refractivity contribution in [1.29, 1.82) is 0 Å². The van der Waals surface area contributed by atoms with Gasteiger partial charge in [0, 0.05) is 0 Å². The van der Waals surface area contributed by atoms with Gasteiger partial charge in [-0.15, -0.1) is 6.42 Å². The number of nitrogens with two attached hydrogens (primary N) is 1. The van der Waals surface area contributed by atoms with Gasteiger partial charge in [0.25, 0.3) is 0 Å². The Bertz CT molecular complexity index is 297. The molecule has 0 heterocycles. The first-order valence-electron chi connectivity index (χ1n) is 4.11. The smallest absolute Gasteiger partial charge is 0.118 e. The molecule has 0 radical (unpaired) electrons. The van der Waals surface area contributed by atoms with Crippen molar-refractivity contribution in [3.63, 3.8) is 0 Å². The number of methoxy groups -OCH3 is 1. The van der Waals surface area contributed by atoms with E-state index in [1.165, 1.54) is 0 Å². The minimum absolute atomic E-state index is 0.201. The van der Waals surface area contributed by atoms with Crippen molar-refractivity contribution in [2.24, 2.45) is 5.73 Å². The summed E-state index contributed by atoms with van der Waals surface area (Å²) in [4.78, 5) is 0. The molecule has 0 saturated carbocycles. The largest absolute Gasteiger partial charge is 0.497 e. The van der Waals surface area contributed by atoms with Crippen molar-refractivity contribution in [3.8, 4) is 18.1 Å². The first kappa shape index (κ1) is 9.63. The van der Waals surface area contributed by atoms with Crippen LogP contribution in [0.2, 0.25) is 0 Å². The lowest BCUT2D eigenvalue weighted by molar-refractivity contribution is 0.414. The van der Waals surface area contributed by atoms with E-state index < -0.39 is 0 Å². The summed E-state index contributed by atoms with van der Waals surface area (Å²) in [7, 11) is 1.64. The average Bonchev–Trinajstić information content (AvgIpc) is 2.19. The maximum absolute atomic E-state index is 5.61. The van der Waals surface area contributed by atoms with Gasteiger partial charge in [-0.05, 0) is 24.1 Å². The SMILES string of the molecule is C#CC(N)Cc1ccc(OC)cc1. The van der Waals surface area contributed by atoms with E-state index in [1.807, 2.05) is 24.3 Å². The summed E-state index contributed by atoms with van der Waals surface area (Å²) in [6.07, 6.45) is 5.89. The predicted molar refractivity (Wildman–Crippen MR) is 53.5 cm³/mol. The molecule has 1 atom stereocenters. The first-order valence-corrected chi connectivity index (χ1v) is 4.11. The second-order valence-corrected chi connectivity index (χ2v) is 2.83. The van der Waals surface area contributed by atoms with E-state index in [2.05, 4.69) is 5.92 Å². The van der Waals surface area contributed by atoms with E-state index in [4.69, 9.17) is 16.9 Å². The Kier molecular flexibility index (Phi) is 3.36. The summed E-state index contributed by atoms with van der Waals surface area (Å²) in [5.74, 6) is 3.33. The van der Waals surface area contributed by atoms with Crippen molar-refractivity contribution < 1.29 is 4.74 Å². The van der Waals surface area contributed by atoms with Gasteiger partial charge in [0.15, 0.2) is 0 Å². The Morgan fingerprint density at radius 3 is 2.54 bits per heavy atom. The molecule has 68 valence electrons. The fourth-order valence-electron chi connectivity index (χ4n) is 1.07. The van der Waals surface area contributed by atoms with E-state index >= 15 is 0 Å². The summed E-state index contributed by atoms with van der Waals surface area (Å²) >= 11 is 0. The van der Waals surface area contributed by atoms with Crippen LogP contribution < -0.4 is 10.5 Å². The Balaban J connectivity index is 2.65.